The minimum Gasteiger partial charge on any atom is -0.460 e. The molecule has 0 radical (unpaired) electrons. The second-order valence-electron chi connectivity index (χ2n) is 22.6. The Balaban J connectivity index is 1.48. The summed E-state index contributed by atoms with van der Waals surface area (Å²) >= 11 is 0. The summed E-state index contributed by atoms with van der Waals surface area (Å²) in [5.74, 6) is -8.03. The first-order chi connectivity index (χ1) is 36.3. The molecule has 0 aromatic carbocycles. The van der Waals surface area contributed by atoms with Crippen molar-refractivity contribution in [1.82, 2.24) is 4.90 Å². The summed E-state index contributed by atoms with van der Waals surface area (Å²) < 4.78 is 42.5. The number of esters is 1. The van der Waals surface area contributed by atoms with Crippen molar-refractivity contribution in [3.8, 4) is 0 Å². The van der Waals surface area contributed by atoms with Crippen molar-refractivity contribution in [2.24, 2.45) is 41.4 Å². The largest absolute Gasteiger partial charge is 0.460 e. The number of cyclic esters (lactones) is 1. The van der Waals surface area contributed by atoms with Gasteiger partial charge < -0.3 is 53.4 Å². The van der Waals surface area contributed by atoms with Crippen LogP contribution in [0.2, 0.25) is 0 Å². The van der Waals surface area contributed by atoms with Crippen molar-refractivity contribution < 1.29 is 72.5 Å². The summed E-state index contributed by atoms with van der Waals surface area (Å²) in [6.45, 7) is 17.1. The first-order valence-electron chi connectivity index (χ1n) is 28.4. The number of ketones is 3. The van der Waals surface area contributed by atoms with Crippen LogP contribution in [0.3, 0.4) is 0 Å². The number of piperidine rings is 1. The smallest absolute Gasteiger partial charge is 0.329 e. The summed E-state index contributed by atoms with van der Waals surface area (Å²) in [6, 6.07) is -1.16. The zero-order valence-corrected chi connectivity index (χ0v) is 46.9. The van der Waals surface area contributed by atoms with Gasteiger partial charge in [0.15, 0.2) is 5.78 Å². The number of Topliss-reactive ketones (excluding diaryl/α,β-unsaturated/α-hetero) is 3. The number of rotatable bonds is 13. The van der Waals surface area contributed by atoms with E-state index in [1.54, 1.807) is 47.0 Å². The van der Waals surface area contributed by atoms with Crippen molar-refractivity contribution in [2.45, 2.75) is 192 Å². The summed E-state index contributed by atoms with van der Waals surface area (Å²) in [5.41, 5.74) is 1.27. The second kappa shape index (κ2) is 31.2. The normalized spacial score (nSPS) is 37.7. The summed E-state index contributed by atoms with van der Waals surface area (Å²) in [5, 5.41) is 33.2. The minimum absolute atomic E-state index is 0.0311. The van der Waals surface area contributed by atoms with Gasteiger partial charge in [0.05, 0.1) is 31.0 Å². The fraction of sp³-hybridized carbons (Fsp3) is 0.750. The lowest BCUT2D eigenvalue weighted by Crippen LogP contribution is -2.61. The molecule has 15 atom stereocenters. The molecule has 3 saturated heterocycles. The zero-order valence-electron chi connectivity index (χ0n) is 46.9. The number of amides is 1. The molecule has 0 spiro atoms. The van der Waals surface area contributed by atoms with Gasteiger partial charge in [0, 0.05) is 77.8 Å². The van der Waals surface area contributed by atoms with Crippen LogP contribution >= 0.6 is 0 Å². The van der Waals surface area contributed by atoms with Gasteiger partial charge in [-0.2, -0.15) is 0 Å². The molecule has 5 rings (SSSR count). The second-order valence-corrected chi connectivity index (χ2v) is 22.6. The van der Waals surface area contributed by atoms with Gasteiger partial charge in [0.25, 0.3) is 11.7 Å². The van der Waals surface area contributed by atoms with Gasteiger partial charge in [-0.15, -0.1) is 6.58 Å². The molecule has 2 unspecified atom stereocenters. The number of ether oxygens (including phenoxy) is 7. The first kappa shape index (κ1) is 63.1. The summed E-state index contributed by atoms with van der Waals surface area (Å²) in [7, 11) is 3.03. The average molecular weight is 1070 g/mol. The molecule has 1 saturated carbocycles. The highest BCUT2D eigenvalue weighted by Crippen LogP contribution is 2.38. The standard InChI is InChI=1S/C60H93NO15/c1-10-44-18-13-11-12-17-38(2)51(74-37-45-24-29-72-30-25-45)35-47-22-20-43(7)60(69,76-47)57(66)58(67)61-26-15-14-19-48(61)59(68)75-52(40(4)32-46-21-23-50(53(34-46)70-8)73-28-16-27-62)36-49(63)39(3)31-41(5)54(64)56(71-9)55(65)42(6)33-44/h10-13,17-18,31,39-40,42-48,50-54,56,62,64,69H,1,14-16,19-30,32-37H2,2-9H3/b12-11+,18-13+,38-17+,41-31+/t39-,40-,42-,43-,44-,46+,47+,48?,50-,51?,52+,53-,54-,56-,60-/m1/s1. The predicted molar refractivity (Wildman–Crippen MR) is 288 cm³/mol. The van der Waals surface area contributed by atoms with Crippen LogP contribution in [0.1, 0.15) is 138 Å². The lowest BCUT2D eigenvalue weighted by atomic mass is 9.78. The SMILES string of the molecule is C=C[C@@H]1/C=C/C=C/C=C(\C)C(OCC2CCOCC2)C[C@@H]2CC[C@@H](C)[C@@](O)(O2)C(=O)C(=O)N2CCCCC2C(=O)O[C@H]([C@H](C)C[C@@H]2CC[C@@H](OCCCO)[C@H](OC)C2)CC(=O)[C@H](C)/C=C(\C)[C@@H](O)[C@@H](OC)C(=O)[C@H](C)C1. The van der Waals surface area contributed by atoms with E-state index in [9.17, 15) is 39.3 Å². The molecular formula is C60H93NO15. The summed E-state index contributed by atoms with van der Waals surface area (Å²) in [4.78, 5) is 73.2. The highest BCUT2D eigenvalue weighted by molar-refractivity contribution is 6.39. The molecule has 2 bridgehead atoms. The maximum absolute atomic E-state index is 14.6. The molecule has 1 aliphatic carbocycles. The highest BCUT2D eigenvalue weighted by atomic mass is 16.6. The molecule has 0 aromatic heterocycles. The maximum atomic E-state index is 14.6. The topological polar surface area (TPSA) is 214 Å². The number of hydrogen-bond donors (Lipinski definition) is 3. The van der Waals surface area contributed by atoms with Crippen molar-refractivity contribution in [3.05, 3.63) is 60.3 Å². The number of carbonyl (C=O) groups is 5. The van der Waals surface area contributed by atoms with Gasteiger partial charge >= 0.3 is 5.97 Å². The third-order valence-electron chi connectivity index (χ3n) is 16.8. The van der Waals surface area contributed by atoms with Gasteiger partial charge in [-0.05, 0) is 132 Å². The molecule has 16 nitrogen and oxygen atoms in total. The zero-order chi connectivity index (χ0) is 55.5. The van der Waals surface area contributed by atoms with Crippen LogP contribution in [-0.4, -0.2) is 158 Å². The van der Waals surface area contributed by atoms with E-state index in [4.69, 9.17) is 33.2 Å². The minimum atomic E-state index is -2.46. The average Bonchev–Trinajstić information content (AvgIpc) is 3.43. The van der Waals surface area contributed by atoms with Crippen LogP contribution in [0.15, 0.2) is 60.3 Å². The molecule has 0 aromatic rings. The Morgan fingerprint density at radius 1 is 0.868 bits per heavy atom. The van der Waals surface area contributed by atoms with Crippen LogP contribution < -0.4 is 0 Å². The number of aliphatic hydroxyl groups is 3. The van der Waals surface area contributed by atoms with E-state index in [0.717, 1.165) is 31.3 Å². The molecule has 4 aliphatic heterocycles. The number of aliphatic hydroxyl groups excluding tert-OH is 2. The van der Waals surface area contributed by atoms with E-state index in [1.807, 2.05) is 44.2 Å². The van der Waals surface area contributed by atoms with Crippen LogP contribution in [0.4, 0.5) is 0 Å². The van der Waals surface area contributed by atoms with Gasteiger partial charge in [0.2, 0.25) is 5.79 Å². The maximum Gasteiger partial charge on any atom is 0.329 e. The predicted octanol–water partition coefficient (Wildman–Crippen LogP) is 7.55. The number of allylic oxidation sites excluding steroid dienone is 7. The van der Waals surface area contributed by atoms with E-state index in [-0.39, 0.29) is 67.5 Å². The number of carbonyl (C=O) groups excluding carboxylic acids is 5. The van der Waals surface area contributed by atoms with E-state index in [0.29, 0.717) is 95.7 Å². The Morgan fingerprint density at radius 2 is 1.62 bits per heavy atom. The monoisotopic (exact) mass is 1070 g/mol. The van der Waals surface area contributed by atoms with Crippen molar-refractivity contribution in [1.29, 1.82) is 0 Å². The van der Waals surface area contributed by atoms with E-state index in [1.165, 1.54) is 12.0 Å². The summed E-state index contributed by atoms with van der Waals surface area (Å²) in [6.07, 6.45) is 15.9. The Kier molecular flexibility index (Phi) is 25.9. The number of hydrogen-bond acceptors (Lipinski definition) is 15. The third kappa shape index (κ3) is 17.6. The third-order valence-corrected chi connectivity index (χ3v) is 16.8. The Morgan fingerprint density at radius 3 is 2.32 bits per heavy atom. The molecule has 1 amide bonds. The van der Waals surface area contributed by atoms with E-state index < -0.39 is 77.8 Å². The van der Waals surface area contributed by atoms with E-state index >= 15 is 0 Å². The molecule has 428 valence electrons. The van der Waals surface area contributed by atoms with Gasteiger partial charge in [-0.1, -0.05) is 70.2 Å². The van der Waals surface area contributed by atoms with Crippen LogP contribution in [-0.2, 0) is 57.1 Å². The number of nitrogens with zero attached hydrogens (tertiary/aromatic N) is 1. The molecule has 4 heterocycles. The van der Waals surface area contributed by atoms with Crippen molar-refractivity contribution in [2.75, 3.05) is 53.8 Å². The molecular weight excluding hydrogens is 975 g/mol. The van der Waals surface area contributed by atoms with Gasteiger partial charge in [0.1, 0.15) is 30.1 Å². The quantitative estimate of drug-likeness (QED) is 0.0703. The Labute approximate surface area is 453 Å². The number of methoxy groups -OCH3 is 2. The van der Waals surface area contributed by atoms with Crippen LogP contribution in [0.25, 0.3) is 0 Å². The Hall–Kier alpha value is -3.71. The fourth-order valence-corrected chi connectivity index (χ4v) is 11.7. The fourth-order valence-electron chi connectivity index (χ4n) is 11.7. The van der Waals surface area contributed by atoms with Gasteiger partial charge in [-0.3, -0.25) is 19.2 Å². The number of fused-ring (bicyclic) bond motifs is 3. The molecule has 76 heavy (non-hydrogen) atoms. The van der Waals surface area contributed by atoms with Crippen molar-refractivity contribution in [3.63, 3.8) is 0 Å². The molecule has 5 aliphatic rings. The molecule has 4 fully saturated rings. The first-order valence-corrected chi connectivity index (χ1v) is 28.4. The molecule has 16 heteroatoms. The van der Waals surface area contributed by atoms with Crippen LogP contribution in [0, 0.1) is 41.4 Å². The van der Waals surface area contributed by atoms with Crippen LogP contribution in [0.5, 0.6) is 0 Å². The lowest BCUT2D eigenvalue weighted by Gasteiger charge is -2.43. The van der Waals surface area contributed by atoms with Crippen molar-refractivity contribution >= 4 is 29.2 Å². The van der Waals surface area contributed by atoms with Gasteiger partial charge in [-0.25, -0.2) is 4.79 Å². The highest BCUT2D eigenvalue weighted by Gasteiger charge is 2.53. The Bertz CT molecular complexity index is 2030. The molecule has 3 N–H and O–H groups in total. The van der Waals surface area contributed by atoms with E-state index in [2.05, 4.69) is 6.58 Å². The lowest BCUT2D eigenvalue weighted by molar-refractivity contribution is -0.266.